The second kappa shape index (κ2) is 6.16. The van der Waals surface area contributed by atoms with E-state index in [0.717, 1.165) is 28.6 Å². The number of fused-ring (bicyclic) bond motifs is 1. The molecule has 0 spiro atoms. The van der Waals surface area contributed by atoms with E-state index >= 15 is 0 Å². The SMILES string of the molecule is Cc1ccc(C)c2[nH]c(=O)c(CNCc3ccccc3)cc12. The van der Waals surface area contributed by atoms with Crippen LogP contribution in [0, 0.1) is 13.8 Å². The standard InChI is InChI=1S/C19H20N2O/c1-13-8-9-14(2)18-17(13)10-16(19(22)21-18)12-20-11-15-6-4-3-5-7-15/h3-10,20H,11-12H2,1-2H3,(H,21,22). The van der Waals surface area contributed by atoms with E-state index in [1.165, 1.54) is 11.1 Å². The number of hydrogen-bond acceptors (Lipinski definition) is 2. The first-order chi connectivity index (χ1) is 10.6. The van der Waals surface area contributed by atoms with Crippen LogP contribution in [0.4, 0.5) is 0 Å². The van der Waals surface area contributed by atoms with Gasteiger partial charge in [0.15, 0.2) is 0 Å². The van der Waals surface area contributed by atoms with Crippen molar-refractivity contribution in [1.29, 1.82) is 0 Å². The number of aryl methyl sites for hydroxylation is 2. The molecule has 0 saturated heterocycles. The van der Waals surface area contributed by atoms with Gasteiger partial charge in [0.25, 0.3) is 5.56 Å². The van der Waals surface area contributed by atoms with Crippen molar-refractivity contribution >= 4 is 10.9 Å². The molecule has 3 heteroatoms. The molecule has 3 aromatic rings. The van der Waals surface area contributed by atoms with Gasteiger partial charge < -0.3 is 10.3 Å². The molecule has 0 unspecified atom stereocenters. The minimum Gasteiger partial charge on any atom is -0.321 e. The maximum atomic E-state index is 12.2. The predicted octanol–water partition coefficient (Wildman–Crippen LogP) is 3.43. The van der Waals surface area contributed by atoms with Gasteiger partial charge in [0, 0.05) is 24.0 Å². The van der Waals surface area contributed by atoms with Gasteiger partial charge in [-0.25, -0.2) is 0 Å². The van der Waals surface area contributed by atoms with Gasteiger partial charge in [-0.2, -0.15) is 0 Å². The molecule has 0 fully saturated rings. The molecule has 112 valence electrons. The number of hydrogen-bond donors (Lipinski definition) is 2. The van der Waals surface area contributed by atoms with E-state index in [9.17, 15) is 4.79 Å². The van der Waals surface area contributed by atoms with Crippen molar-refractivity contribution in [3.63, 3.8) is 0 Å². The van der Waals surface area contributed by atoms with Gasteiger partial charge in [0.2, 0.25) is 0 Å². The van der Waals surface area contributed by atoms with Gasteiger partial charge in [-0.05, 0) is 36.6 Å². The molecule has 3 rings (SSSR count). The first kappa shape index (κ1) is 14.5. The Morgan fingerprint density at radius 3 is 2.45 bits per heavy atom. The molecular formula is C19H20N2O. The van der Waals surface area contributed by atoms with Gasteiger partial charge in [0.05, 0.1) is 5.52 Å². The molecule has 0 bridgehead atoms. The molecule has 0 aliphatic carbocycles. The Labute approximate surface area is 130 Å². The summed E-state index contributed by atoms with van der Waals surface area (Å²) in [6.45, 7) is 5.41. The van der Waals surface area contributed by atoms with Crippen LogP contribution < -0.4 is 10.9 Å². The van der Waals surface area contributed by atoms with Gasteiger partial charge in [-0.3, -0.25) is 4.79 Å². The van der Waals surface area contributed by atoms with Crippen molar-refractivity contribution in [3.05, 3.63) is 81.1 Å². The molecule has 1 aromatic heterocycles. The average Bonchev–Trinajstić information content (AvgIpc) is 2.53. The van der Waals surface area contributed by atoms with Crippen molar-refractivity contribution in [2.45, 2.75) is 26.9 Å². The number of aromatic nitrogens is 1. The summed E-state index contributed by atoms with van der Waals surface area (Å²) in [5, 5.41) is 4.46. The van der Waals surface area contributed by atoms with E-state index in [1.54, 1.807) is 0 Å². The highest BCUT2D eigenvalue weighted by atomic mass is 16.1. The van der Waals surface area contributed by atoms with E-state index in [0.29, 0.717) is 6.54 Å². The van der Waals surface area contributed by atoms with Gasteiger partial charge in [0.1, 0.15) is 0 Å². The minimum atomic E-state index is -0.0123. The smallest absolute Gasteiger partial charge is 0.252 e. The number of aromatic amines is 1. The molecule has 0 aliphatic rings. The molecule has 0 radical (unpaired) electrons. The van der Waals surface area contributed by atoms with Crippen LogP contribution in [-0.2, 0) is 13.1 Å². The van der Waals surface area contributed by atoms with Crippen LogP contribution in [0.1, 0.15) is 22.3 Å². The van der Waals surface area contributed by atoms with Crippen LogP contribution in [0.2, 0.25) is 0 Å². The highest BCUT2D eigenvalue weighted by molar-refractivity contribution is 5.85. The lowest BCUT2D eigenvalue weighted by molar-refractivity contribution is 0.688. The Morgan fingerprint density at radius 2 is 1.68 bits per heavy atom. The first-order valence-electron chi connectivity index (χ1n) is 7.52. The average molecular weight is 292 g/mol. The maximum absolute atomic E-state index is 12.2. The Balaban J connectivity index is 1.83. The van der Waals surface area contributed by atoms with Crippen molar-refractivity contribution < 1.29 is 0 Å². The van der Waals surface area contributed by atoms with E-state index in [-0.39, 0.29) is 5.56 Å². The van der Waals surface area contributed by atoms with Crippen LogP contribution in [0.5, 0.6) is 0 Å². The second-order valence-electron chi connectivity index (χ2n) is 5.70. The zero-order chi connectivity index (χ0) is 15.5. The predicted molar refractivity (Wildman–Crippen MR) is 91.0 cm³/mol. The quantitative estimate of drug-likeness (QED) is 0.773. The molecule has 1 heterocycles. The number of pyridine rings is 1. The van der Waals surface area contributed by atoms with Gasteiger partial charge >= 0.3 is 0 Å². The number of nitrogens with one attached hydrogen (secondary N) is 2. The lowest BCUT2D eigenvalue weighted by atomic mass is 10.0. The molecule has 2 N–H and O–H groups in total. The topological polar surface area (TPSA) is 44.9 Å². The summed E-state index contributed by atoms with van der Waals surface area (Å²) in [4.78, 5) is 15.3. The molecule has 0 saturated carbocycles. The second-order valence-corrected chi connectivity index (χ2v) is 5.70. The summed E-state index contributed by atoms with van der Waals surface area (Å²) in [6, 6.07) is 16.3. The Hall–Kier alpha value is -2.39. The van der Waals surface area contributed by atoms with Gasteiger partial charge in [-0.1, -0.05) is 42.5 Å². The largest absolute Gasteiger partial charge is 0.321 e. The summed E-state index contributed by atoms with van der Waals surface area (Å²) < 4.78 is 0. The third-order valence-corrected chi connectivity index (χ3v) is 4.01. The van der Waals surface area contributed by atoms with Crippen LogP contribution >= 0.6 is 0 Å². The van der Waals surface area contributed by atoms with Crippen molar-refractivity contribution in [1.82, 2.24) is 10.3 Å². The van der Waals surface area contributed by atoms with Crippen LogP contribution in [0.3, 0.4) is 0 Å². The lowest BCUT2D eigenvalue weighted by Crippen LogP contribution is -2.21. The fraction of sp³-hybridized carbons (Fsp3) is 0.211. The first-order valence-corrected chi connectivity index (χ1v) is 7.52. The van der Waals surface area contributed by atoms with E-state index in [1.807, 2.05) is 37.3 Å². The number of benzene rings is 2. The van der Waals surface area contributed by atoms with E-state index < -0.39 is 0 Å². The summed E-state index contributed by atoms with van der Waals surface area (Å²) in [6.07, 6.45) is 0. The summed E-state index contributed by atoms with van der Waals surface area (Å²) in [7, 11) is 0. The molecule has 3 nitrogen and oxygen atoms in total. The Morgan fingerprint density at radius 1 is 0.955 bits per heavy atom. The molecule has 0 aliphatic heterocycles. The van der Waals surface area contributed by atoms with Gasteiger partial charge in [-0.15, -0.1) is 0 Å². The fourth-order valence-corrected chi connectivity index (χ4v) is 2.69. The maximum Gasteiger partial charge on any atom is 0.252 e. The Bertz CT molecular complexity index is 850. The molecular weight excluding hydrogens is 272 g/mol. The molecule has 0 amide bonds. The number of H-pyrrole nitrogens is 1. The third-order valence-electron chi connectivity index (χ3n) is 4.01. The van der Waals surface area contributed by atoms with Crippen molar-refractivity contribution in [2.24, 2.45) is 0 Å². The fourth-order valence-electron chi connectivity index (χ4n) is 2.69. The van der Waals surface area contributed by atoms with Crippen molar-refractivity contribution in [3.8, 4) is 0 Å². The Kier molecular flexibility index (Phi) is 4.07. The summed E-state index contributed by atoms with van der Waals surface area (Å²) in [5.41, 5.74) is 5.20. The van der Waals surface area contributed by atoms with Crippen LogP contribution in [0.25, 0.3) is 10.9 Å². The lowest BCUT2D eigenvalue weighted by Gasteiger charge is -2.09. The highest BCUT2D eigenvalue weighted by Gasteiger charge is 2.06. The van der Waals surface area contributed by atoms with E-state index in [4.69, 9.17) is 0 Å². The summed E-state index contributed by atoms with van der Waals surface area (Å²) >= 11 is 0. The highest BCUT2D eigenvalue weighted by Crippen LogP contribution is 2.19. The normalized spacial score (nSPS) is 11.0. The van der Waals surface area contributed by atoms with Crippen molar-refractivity contribution in [2.75, 3.05) is 0 Å². The monoisotopic (exact) mass is 292 g/mol. The van der Waals surface area contributed by atoms with E-state index in [2.05, 4.69) is 35.4 Å². The minimum absolute atomic E-state index is 0.0123. The molecule has 22 heavy (non-hydrogen) atoms. The number of rotatable bonds is 4. The zero-order valence-electron chi connectivity index (χ0n) is 12.9. The third kappa shape index (κ3) is 2.95. The molecule has 0 atom stereocenters. The zero-order valence-corrected chi connectivity index (χ0v) is 12.9. The molecule has 2 aromatic carbocycles. The van der Waals surface area contributed by atoms with Crippen LogP contribution in [0.15, 0.2) is 53.3 Å². The summed E-state index contributed by atoms with van der Waals surface area (Å²) in [5.74, 6) is 0. The van der Waals surface area contributed by atoms with Crippen LogP contribution in [-0.4, -0.2) is 4.98 Å².